The van der Waals surface area contributed by atoms with Gasteiger partial charge in [0, 0.05) is 24.3 Å². The normalized spacial score (nSPS) is 20.6. The summed E-state index contributed by atoms with van der Waals surface area (Å²) in [7, 11) is 1.67. The summed E-state index contributed by atoms with van der Waals surface area (Å²) in [6.45, 7) is 9.05. The summed E-state index contributed by atoms with van der Waals surface area (Å²) in [6, 6.07) is 4.71. The van der Waals surface area contributed by atoms with Crippen LogP contribution in [0.25, 0.3) is 0 Å². The lowest BCUT2D eigenvalue weighted by molar-refractivity contribution is 0.227. The number of rotatable bonds is 4. The highest BCUT2D eigenvalue weighted by Crippen LogP contribution is 2.34. The summed E-state index contributed by atoms with van der Waals surface area (Å²) in [4.78, 5) is 7.10. The molecule has 2 heterocycles. The topological polar surface area (TPSA) is 25.4 Å². The van der Waals surface area contributed by atoms with E-state index in [4.69, 9.17) is 4.74 Å². The van der Waals surface area contributed by atoms with E-state index < -0.39 is 0 Å². The van der Waals surface area contributed by atoms with Gasteiger partial charge in [0.2, 0.25) is 5.88 Å². The molecule has 0 aliphatic carbocycles. The third kappa shape index (κ3) is 2.83. The van der Waals surface area contributed by atoms with E-state index in [2.05, 4.69) is 36.7 Å². The molecule has 0 radical (unpaired) electrons. The Hall–Kier alpha value is -1.09. The Morgan fingerprint density at radius 3 is 2.83 bits per heavy atom. The zero-order valence-corrected chi connectivity index (χ0v) is 11.9. The zero-order chi connectivity index (χ0) is 13.1. The van der Waals surface area contributed by atoms with Crippen LogP contribution in [0.4, 0.5) is 0 Å². The number of hydrogen-bond donors (Lipinski definition) is 0. The number of aryl methyl sites for hydroxylation is 1. The van der Waals surface area contributed by atoms with Crippen molar-refractivity contribution >= 4 is 0 Å². The van der Waals surface area contributed by atoms with Gasteiger partial charge in [-0.25, -0.2) is 4.98 Å². The summed E-state index contributed by atoms with van der Waals surface area (Å²) in [5, 5.41) is 0. The third-order valence-corrected chi connectivity index (χ3v) is 3.63. The van der Waals surface area contributed by atoms with Gasteiger partial charge in [-0.15, -0.1) is 0 Å². The summed E-state index contributed by atoms with van der Waals surface area (Å²) >= 11 is 0. The number of nitrogens with zero attached hydrogens (tertiary/aromatic N) is 2. The molecule has 1 aromatic rings. The molecule has 0 saturated carbocycles. The summed E-state index contributed by atoms with van der Waals surface area (Å²) in [5.41, 5.74) is 2.48. The number of likely N-dealkylation sites (tertiary alicyclic amines) is 1. The Morgan fingerprint density at radius 1 is 1.44 bits per heavy atom. The standard InChI is InChI=1S/C15H24N2O/c1-11(2)10-17-9-5-6-14(17)13-7-8-15(18-4)16-12(13)3/h7-8,11,14H,5-6,9-10H2,1-4H3/t14-/m0/s1. The minimum atomic E-state index is 0.547. The first-order valence-electron chi connectivity index (χ1n) is 6.87. The van der Waals surface area contributed by atoms with Crippen molar-refractivity contribution in [2.24, 2.45) is 5.92 Å². The average molecular weight is 248 g/mol. The van der Waals surface area contributed by atoms with Gasteiger partial charge in [-0.3, -0.25) is 4.90 Å². The number of ether oxygens (including phenoxy) is 1. The fourth-order valence-electron chi connectivity index (χ4n) is 2.88. The SMILES string of the molecule is COc1ccc([C@@H]2CCCN2CC(C)C)c(C)n1. The molecule has 1 aliphatic rings. The van der Waals surface area contributed by atoms with E-state index >= 15 is 0 Å². The van der Waals surface area contributed by atoms with E-state index in [-0.39, 0.29) is 0 Å². The Bertz CT molecular complexity index is 403. The van der Waals surface area contributed by atoms with Crippen LogP contribution in [-0.2, 0) is 0 Å². The molecule has 0 bridgehead atoms. The molecule has 1 aromatic heterocycles. The molecule has 1 saturated heterocycles. The molecule has 0 amide bonds. The first-order valence-corrected chi connectivity index (χ1v) is 6.87. The van der Waals surface area contributed by atoms with Crippen LogP contribution >= 0.6 is 0 Å². The van der Waals surface area contributed by atoms with E-state index in [0.717, 1.165) is 11.6 Å². The highest BCUT2D eigenvalue weighted by atomic mass is 16.5. The molecule has 0 aromatic carbocycles. The molecule has 1 fully saturated rings. The van der Waals surface area contributed by atoms with Gasteiger partial charge < -0.3 is 4.74 Å². The second-order valence-electron chi connectivity index (χ2n) is 5.58. The van der Waals surface area contributed by atoms with Crippen LogP contribution in [0, 0.1) is 12.8 Å². The molecule has 0 N–H and O–H groups in total. The first kappa shape index (κ1) is 13.3. The molecule has 1 aliphatic heterocycles. The molecule has 0 spiro atoms. The minimum Gasteiger partial charge on any atom is -0.481 e. The van der Waals surface area contributed by atoms with E-state index in [1.807, 2.05) is 6.07 Å². The summed E-state index contributed by atoms with van der Waals surface area (Å²) in [5.74, 6) is 1.43. The van der Waals surface area contributed by atoms with Gasteiger partial charge >= 0.3 is 0 Å². The maximum Gasteiger partial charge on any atom is 0.213 e. The number of hydrogen-bond acceptors (Lipinski definition) is 3. The smallest absolute Gasteiger partial charge is 0.213 e. The van der Waals surface area contributed by atoms with Crippen LogP contribution in [0.5, 0.6) is 5.88 Å². The highest BCUT2D eigenvalue weighted by molar-refractivity contribution is 5.28. The van der Waals surface area contributed by atoms with Gasteiger partial charge in [0.25, 0.3) is 0 Å². The fourth-order valence-corrected chi connectivity index (χ4v) is 2.88. The zero-order valence-electron chi connectivity index (χ0n) is 11.9. The van der Waals surface area contributed by atoms with Crippen LogP contribution in [0.1, 0.15) is 44.0 Å². The molecule has 18 heavy (non-hydrogen) atoms. The Balaban J connectivity index is 2.19. The Labute approximate surface area is 110 Å². The van der Waals surface area contributed by atoms with Crippen molar-refractivity contribution < 1.29 is 4.74 Å². The lowest BCUT2D eigenvalue weighted by atomic mass is 10.0. The van der Waals surface area contributed by atoms with Gasteiger partial charge in [-0.2, -0.15) is 0 Å². The van der Waals surface area contributed by atoms with Crippen molar-refractivity contribution in [1.82, 2.24) is 9.88 Å². The van der Waals surface area contributed by atoms with E-state index in [1.165, 1.54) is 31.5 Å². The molecule has 100 valence electrons. The second kappa shape index (κ2) is 5.70. The maximum absolute atomic E-state index is 5.18. The molecule has 0 unspecified atom stereocenters. The van der Waals surface area contributed by atoms with E-state index in [1.54, 1.807) is 7.11 Å². The van der Waals surface area contributed by atoms with Crippen LogP contribution in [0.15, 0.2) is 12.1 Å². The third-order valence-electron chi connectivity index (χ3n) is 3.63. The van der Waals surface area contributed by atoms with Crippen LogP contribution < -0.4 is 4.74 Å². The fraction of sp³-hybridized carbons (Fsp3) is 0.667. The van der Waals surface area contributed by atoms with Crippen molar-refractivity contribution in [3.63, 3.8) is 0 Å². The van der Waals surface area contributed by atoms with Gasteiger partial charge in [0.15, 0.2) is 0 Å². The largest absolute Gasteiger partial charge is 0.481 e. The van der Waals surface area contributed by atoms with E-state index in [0.29, 0.717) is 11.9 Å². The molecule has 3 nitrogen and oxygen atoms in total. The molecule has 1 atom stereocenters. The van der Waals surface area contributed by atoms with Gasteiger partial charge in [0.1, 0.15) is 0 Å². The van der Waals surface area contributed by atoms with Crippen molar-refractivity contribution in [1.29, 1.82) is 0 Å². The van der Waals surface area contributed by atoms with Gasteiger partial charge in [-0.1, -0.05) is 19.9 Å². The Kier molecular flexibility index (Phi) is 4.23. The number of pyridine rings is 1. The minimum absolute atomic E-state index is 0.547. The predicted octanol–water partition coefficient (Wildman–Crippen LogP) is 3.19. The molecular weight excluding hydrogens is 224 g/mol. The maximum atomic E-state index is 5.18. The van der Waals surface area contributed by atoms with Crippen LogP contribution in [0.3, 0.4) is 0 Å². The van der Waals surface area contributed by atoms with Gasteiger partial charge in [0.05, 0.1) is 7.11 Å². The number of methoxy groups -OCH3 is 1. The Morgan fingerprint density at radius 2 is 2.22 bits per heavy atom. The molecule has 2 rings (SSSR count). The quantitative estimate of drug-likeness (QED) is 0.818. The van der Waals surface area contributed by atoms with E-state index in [9.17, 15) is 0 Å². The lowest BCUT2D eigenvalue weighted by Gasteiger charge is -2.27. The predicted molar refractivity (Wildman–Crippen MR) is 73.9 cm³/mol. The molecular formula is C15H24N2O. The van der Waals surface area contributed by atoms with Crippen molar-refractivity contribution in [3.8, 4) is 5.88 Å². The van der Waals surface area contributed by atoms with Crippen molar-refractivity contribution in [2.75, 3.05) is 20.2 Å². The van der Waals surface area contributed by atoms with Crippen molar-refractivity contribution in [3.05, 3.63) is 23.4 Å². The molecule has 3 heteroatoms. The monoisotopic (exact) mass is 248 g/mol. The average Bonchev–Trinajstić information content (AvgIpc) is 2.76. The summed E-state index contributed by atoms with van der Waals surface area (Å²) in [6.07, 6.45) is 2.55. The summed E-state index contributed by atoms with van der Waals surface area (Å²) < 4.78 is 5.18. The van der Waals surface area contributed by atoms with Crippen LogP contribution in [0.2, 0.25) is 0 Å². The first-order chi connectivity index (χ1) is 8.61. The second-order valence-corrected chi connectivity index (χ2v) is 5.58. The lowest BCUT2D eigenvalue weighted by Crippen LogP contribution is -2.27. The number of aromatic nitrogens is 1. The van der Waals surface area contributed by atoms with Gasteiger partial charge in [-0.05, 0) is 37.8 Å². The van der Waals surface area contributed by atoms with Crippen LogP contribution in [-0.4, -0.2) is 30.1 Å². The van der Waals surface area contributed by atoms with Crippen molar-refractivity contribution in [2.45, 2.75) is 39.7 Å². The highest BCUT2D eigenvalue weighted by Gasteiger charge is 2.27.